The zero-order valence-corrected chi connectivity index (χ0v) is 22.0. The molecule has 4 aromatic carbocycles. The van der Waals surface area contributed by atoms with Gasteiger partial charge in [-0.15, -0.1) is 18.5 Å². The van der Waals surface area contributed by atoms with Crippen molar-refractivity contribution in [3.63, 3.8) is 0 Å². The molecule has 0 fully saturated rings. The predicted octanol–water partition coefficient (Wildman–Crippen LogP) is 8.20. The Morgan fingerprint density at radius 1 is 0.355 bits per heavy atom. The molecule has 0 spiro atoms. The zero-order valence-electron chi connectivity index (χ0n) is 18.2. The van der Waals surface area contributed by atoms with Gasteiger partial charge in [0, 0.05) is 11.3 Å². The van der Waals surface area contributed by atoms with Crippen LogP contribution in [-0.2, 0) is 20.4 Å². The van der Waals surface area contributed by atoms with Gasteiger partial charge < -0.3 is 14.9 Å². The van der Waals surface area contributed by atoms with E-state index in [0.29, 0.717) is 11.3 Å². The first-order valence-electron chi connectivity index (χ1n) is 9.46. The number of hydrogen-bond donors (Lipinski definition) is 0. The standard InChI is InChI=1S/2C13H13P.2CH3.Pd/c2*14-13(11-7-3-1-4-8-11)12-9-5-2-6-10-12;;;/h2*1-10,13H,14H2;2*1H3;/q;;2*-1;+2. The molecular weight excluding hydrogens is 505 g/mol. The van der Waals surface area contributed by atoms with Crippen molar-refractivity contribution in [3.05, 3.63) is 158 Å². The minimum absolute atomic E-state index is 0. The smallest absolute Gasteiger partial charge is 0.358 e. The van der Waals surface area contributed by atoms with Gasteiger partial charge >= 0.3 is 20.4 Å². The second-order valence-electron chi connectivity index (χ2n) is 6.60. The van der Waals surface area contributed by atoms with Crippen LogP contribution in [0.25, 0.3) is 0 Å². The van der Waals surface area contributed by atoms with E-state index < -0.39 is 0 Å². The Kier molecular flexibility index (Phi) is 15.3. The van der Waals surface area contributed by atoms with E-state index in [1.807, 2.05) is 24.3 Å². The van der Waals surface area contributed by atoms with Crippen molar-refractivity contribution in [2.75, 3.05) is 0 Å². The second kappa shape index (κ2) is 16.1. The number of hydrogen-bond acceptors (Lipinski definition) is 0. The van der Waals surface area contributed by atoms with E-state index >= 15 is 0 Å². The molecule has 31 heavy (non-hydrogen) atoms. The van der Waals surface area contributed by atoms with E-state index in [1.165, 1.54) is 22.3 Å². The van der Waals surface area contributed by atoms with Gasteiger partial charge in [-0.2, -0.15) is 0 Å². The molecule has 0 N–H and O–H groups in total. The van der Waals surface area contributed by atoms with Gasteiger partial charge in [0.15, 0.2) is 0 Å². The summed E-state index contributed by atoms with van der Waals surface area (Å²) >= 11 is 0. The Balaban J connectivity index is 0.000000529. The summed E-state index contributed by atoms with van der Waals surface area (Å²) in [5.41, 5.74) is 6.15. The average Bonchev–Trinajstić information content (AvgIpc) is 2.81. The van der Waals surface area contributed by atoms with Crippen LogP contribution in [0.3, 0.4) is 0 Å². The Morgan fingerprint density at radius 3 is 0.677 bits per heavy atom. The van der Waals surface area contributed by atoms with Crippen molar-refractivity contribution in [3.8, 4) is 0 Å². The van der Waals surface area contributed by atoms with Gasteiger partial charge in [-0.05, 0) is 22.3 Å². The minimum Gasteiger partial charge on any atom is -0.358 e. The van der Waals surface area contributed by atoms with E-state index in [4.69, 9.17) is 0 Å². The molecule has 2 unspecified atom stereocenters. The van der Waals surface area contributed by atoms with E-state index in [1.54, 1.807) is 0 Å². The van der Waals surface area contributed by atoms with Crippen LogP contribution in [0.5, 0.6) is 0 Å². The summed E-state index contributed by atoms with van der Waals surface area (Å²) in [6.07, 6.45) is 0. The summed E-state index contributed by atoms with van der Waals surface area (Å²) in [6.45, 7) is 0. The molecule has 0 amide bonds. The first kappa shape index (κ1) is 29.4. The fourth-order valence-corrected chi connectivity index (χ4v) is 3.92. The summed E-state index contributed by atoms with van der Waals surface area (Å²) in [6, 6.07) is 42.1. The molecule has 0 nitrogen and oxygen atoms in total. The fraction of sp³-hybridized carbons (Fsp3) is 0.0714. The molecule has 0 aromatic heterocycles. The molecule has 0 heterocycles. The molecule has 0 aliphatic rings. The van der Waals surface area contributed by atoms with Gasteiger partial charge in [0.05, 0.1) is 0 Å². The fourth-order valence-electron chi connectivity index (χ4n) is 3.03. The molecular formula is C28H32P2Pd. The first-order chi connectivity index (χ1) is 13.8. The van der Waals surface area contributed by atoms with Crippen molar-refractivity contribution in [2.24, 2.45) is 0 Å². The van der Waals surface area contributed by atoms with Crippen LogP contribution in [0.1, 0.15) is 33.6 Å². The molecule has 0 saturated carbocycles. The molecule has 4 aromatic rings. The number of rotatable bonds is 4. The number of benzene rings is 4. The van der Waals surface area contributed by atoms with Crippen LogP contribution in [0.2, 0.25) is 0 Å². The van der Waals surface area contributed by atoms with Gasteiger partial charge in [0.25, 0.3) is 0 Å². The molecule has 0 aliphatic heterocycles. The third-order valence-corrected chi connectivity index (χ3v) is 6.17. The third kappa shape index (κ3) is 9.20. The maximum Gasteiger partial charge on any atom is 2.00 e. The molecule has 0 aliphatic carbocycles. The SMILES string of the molecule is PC(c1ccccc1)c1ccccc1.PC(c1ccccc1)c1ccccc1.[CH3-].[CH3-].[Pd+2]. The Labute approximate surface area is 208 Å². The van der Waals surface area contributed by atoms with Gasteiger partial charge in [-0.1, -0.05) is 121 Å². The van der Waals surface area contributed by atoms with Crippen LogP contribution in [0, 0.1) is 14.9 Å². The summed E-state index contributed by atoms with van der Waals surface area (Å²) in [7, 11) is 5.77. The molecule has 164 valence electrons. The van der Waals surface area contributed by atoms with Crippen LogP contribution >= 0.6 is 18.5 Å². The molecule has 4 rings (SSSR count). The summed E-state index contributed by atoms with van der Waals surface area (Å²) in [5.74, 6) is 0. The molecule has 3 heteroatoms. The van der Waals surface area contributed by atoms with Gasteiger partial charge in [0.1, 0.15) is 0 Å². The van der Waals surface area contributed by atoms with Crippen molar-refractivity contribution in [1.82, 2.24) is 0 Å². The topological polar surface area (TPSA) is 0 Å². The maximum atomic E-state index is 2.89. The van der Waals surface area contributed by atoms with Crippen molar-refractivity contribution in [1.29, 1.82) is 0 Å². The van der Waals surface area contributed by atoms with Crippen molar-refractivity contribution in [2.45, 2.75) is 11.3 Å². The summed E-state index contributed by atoms with van der Waals surface area (Å²) < 4.78 is 0. The van der Waals surface area contributed by atoms with Gasteiger partial charge in [0.2, 0.25) is 0 Å². The van der Waals surface area contributed by atoms with Crippen LogP contribution in [-0.4, -0.2) is 0 Å². The monoisotopic (exact) mass is 536 g/mol. The van der Waals surface area contributed by atoms with E-state index in [2.05, 4.69) is 116 Å². The minimum atomic E-state index is 0. The normalized spacial score (nSPS) is 9.42. The first-order valence-corrected chi connectivity index (χ1v) is 10.8. The Morgan fingerprint density at radius 2 is 0.516 bits per heavy atom. The second-order valence-corrected chi connectivity index (χ2v) is 7.93. The predicted molar refractivity (Wildman–Crippen MR) is 142 cm³/mol. The quantitative estimate of drug-likeness (QED) is 0.140. The van der Waals surface area contributed by atoms with Crippen LogP contribution in [0.4, 0.5) is 0 Å². The zero-order chi connectivity index (χ0) is 19.6. The Bertz CT molecular complexity index is 770. The van der Waals surface area contributed by atoms with E-state index in [9.17, 15) is 0 Å². The molecule has 0 radical (unpaired) electrons. The van der Waals surface area contributed by atoms with Gasteiger partial charge in [-0.3, -0.25) is 0 Å². The summed E-state index contributed by atoms with van der Waals surface area (Å²) in [5, 5.41) is 0. The molecule has 0 saturated heterocycles. The average molecular weight is 537 g/mol. The molecule has 2 atom stereocenters. The van der Waals surface area contributed by atoms with Crippen LogP contribution < -0.4 is 0 Å². The van der Waals surface area contributed by atoms with E-state index in [-0.39, 0.29) is 35.3 Å². The van der Waals surface area contributed by atoms with E-state index in [0.717, 1.165) is 0 Å². The summed E-state index contributed by atoms with van der Waals surface area (Å²) in [4.78, 5) is 0. The van der Waals surface area contributed by atoms with Crippen LogP contribution in [0.15, 0.2) is 121 Å². The maximum absolute atomic E-state index is 2.89. The largest absolute Gasteiger partial charge is 2.00 e. The Hall–Kier alpha value is -1.60. The third-order valence-electron chi connectivity index (χ3n) is 4.63. The van der Waals surface area contributed by atoms with Crippen molar-refractivity contribution < 1.29 is 20.4 Å². The molecule has 0 bridgehead atoms. The van der Waals surface area contributed by atoms with Crippen molar-refractivity contribution >= 4 is 18.5 Å². The van der Waals surface area contributed by atoms with Gasteiger partial charge in [-0.25, -0.2) is 0 Å².